The van der Waals surface area contributed by atoms with Crippen LogP contribution < -0.4 is 5.30 Å². The summed E-state index contributed by atoms with van der Waals surface area (Å²) in [6.07, 6.45) is 5.55. The SMILES string of the molecule is c1ccc(P(N2CCCC2)N2CCCC2)cc1. The summed E-state index contributed by atoms with van der Waals surface area (Å²) in [6.45, 7) is 5.21. The lowest BCUT2D eigenvalue weighted by Gasteiger charge is -2.34. The van der Waals surface area contributed by atoms with Gasteiger partial charge in [0, 0.05) is 31.5 Å². The van der Waals surface area contributed by atoms with E-state index in [4.69, 9.17) is 0 Å². The van der Waals surface area contributed by atoms with Crippen LogP contribution in [0.3, 0.4) is 0 Å². The van der Waals surface area contributed by atoms with E-state index in [1.807, 2.05) is 0 Å². The fourth-order valence-electron chi connectivity index (χ4n) is 2.85. The Morgan fingerprint density at radius 2 is 1.18 bits per heavy atom. The third-order valence-electron chi connectivity index (χ3n) is 3.69. The lowest BCUT2D eigenvalue weighted by atomic mass is 10.4. The van der Waals surface area contributed by atoms with Crippen molar-refractivity contribution < 1.29 is 0 Å². The van der Waals surface area contributed by atoms with Gasteiger partial charge in [-0.15, -0.1) is 0 Å². The van der Waals surface area contributed by atoms with Crippen LogP contribution in [0.15, 0.2) is 30.3 Å². The minimum absolute atomic E-state index is 0.191. The molecule has 1 aromatic carbocycles. The van der Waals surface area contributed by atoms with Gasteiger partial charge in [-0.1, -0.05) is 30.3 Å². The van der Waals surface area contributed by atoms with E-state index in [1.54, 1.807) is 5.30 Å². The summed E-state index contributed by atoms with van der Waals surface area (Å²) < 4.78 is 5.46. The molecular weight excluding hydrogens is 227 g/mol. The van der Waals surface area contributed by atoms with Gasteiger partial charge in [0.1, 0.15) is 0 Å². The van der Waals surface area contributed by atoms with Crippen LogP contribution in [-0.4, -0.2) is 35.5 Å². The van der Waals surface area contributed by atoms with Gasteiger partial charge in [0.2, 0.25) is 0 Å². The monoisotopic (exact) mass is 248 g/mol. The van der Waals surface area contributed by atoms with Gasteiger partial charge in [0.05, 0.1) is 8.22 Å². The number of hydrogen-bond donors (Lipinski definition) is 0. The predicted octanol–water partition coefficient (Wildman–Crippen LogP) is 2.82. The van der Waals surface area contributed by atoms with Crippen molar-refractivity contribution >= 4 is 13.5 Å². The first-order valence-corrected chi connectivity index (χ1v) is 8.05. The maximum Gasteiger partial charge on any atom is 0.0724 e. The van der Waals surface area contributed by atoms with E-state index in [-0.39, 0.29) is 8.22 Å². The normalized spacial score (nSPS) is 22.6. The Balaban J connectivity index is 1.84. The molecule has 0 unspecified atom stereocenters. The molecule has 2 aliphatic heterocycles. The van der Waals surface area contributed by atoms with Crippen molar-refractivity contribution in [3.8, 4) is 0 Å². The molecule has 3 heteroatoms. The number of hydrogen-bond acceptors (Lipinski definition) is 2. The van der Waals surface area contributed by atoms with Gasteiger partial charge in [-0.2, -0.15) is 0 Å². The molecule has 0 aromatic heterocycles. The van der Waals surface area contributed by atoms with Crippen LogP contribution in [0.1, 0.15) is 25.7 Å². The number of nitrogens with zero attached hydrogens (tertiary/aromatic N) is 2. The summed E-state index contributed by atoms with van der Waals surface area (Å²) in [4.78, 5) is 0. The zero-order valence-electron chi connectivity index (χ0n) is 10.4. The summed E-state index contributed by atoms with van der Waals surface area (Å²) in [5, 5.41) is 1.55. The number of benzene rings is 1. The van der Waals surface area contributed by atoms with Crippen LogP contribution in [-0.2, 0) is 0 Å². The highest BCUT2D eigenvalue weighted by Crippen LogP contribution is 2.46. The van der Waals surface area contributed by atoms with Gasteiger partial charge in [0.15, 0.2) is 0 Å². The Labute approximate surface area is 105 Å². The molecule has 0 radical (unpaired) electrons. The highest BCUT2D eigenvalue weighted by Gasteiger charge is 2.30. The maximum atomic E-state index is 2.73. The fourth-order valence-corrected chi connectivity index (χ4v) is 5.62. The van der Waals surface area contributed by atoms with Crippen LogP contribution in [0.4, 0.5) is 0 Å². The Kier molecular flexibility index (Phi) is 3.75. The van der Waals surface area contributed by atoms with Crippen molar-refractivity contribution in [1.29, 1.82) is 0 Å². The Hall–Kier alpha value is -0.430. The highest BCUT2D eigenvalue weighted by atomic mass is 31.1. The summed E-state index contributed by atoms with van der Waals surface area (Å²) in [6, 6.07) is 11.2. The quantitative estimate of drug-likeness (QED) is 0.759. The summed E-state index contributed by atoms with van der Waals surface area (Å²) in [7, 11) is -0.191. The molecule has 0 atom stereocenters. The van der Waals surface area contributed by atoms with Crippen LogP contribution in [0.2, 0.25) is 0 Å². The summed E-state index contributed by atoms with van der Waals surface area (Å²) >= 11 is 0. The highest BCUT2D eigenvalue weighted by molar-refractivity contribution is 7.61. The molecule has 0 bridgehead atoms. The summed E-state index contributed by atoms with van der Waals surface area (Å²) in [5.74, 6) is 0. The molecule has 92 valence electrons. The second-order valence-electron chi connectivity index (χ2n) is 4.95. The van der Waals surface area contributed by atoms with Crippen LogP contribution >= 0.6 is 8.22 Å². The van der Waals surface area contributed by atoms with Gasteiger partial charge in [0.25, 0.3) is 0 Å². The van der Waals surface area contributed by atoms with E-state index in [1.165, 1.54) is 51.9 Å². The lowest BCUT2D eigenvalue weighted by Crippen LogP contribution is -2.30. The van der Waals surface area contributed by atoms with Crippen molar-refractivity contribution in [2.24, 2.45) is 0 Å². The first-order valence-electron chi connectivity index (χ1n) is 6.80. The van der Waals surface area contributed by atoms with E-state index in [0.29, 0.717) is 0 Å². The first kappa shape index (κ1) is 11.6. The van der Waals surface area contributed by atoms with Gasteiger partial charge in [-0.05, 0) is 25.7 Å². The molecule has 3 rings (SSSR count). The standard InChI is InChI=1S/C14H21N2P/c1-2-8-14(9-3-1)17(15-10-4-5-11-15)16-12-6-7-13-16/h1-3,8-9H,4-7,10-13H2. The third kappa shape index (κ3) is 2.54. The largest absolute Gasteiger partial charge is 0.266 e. The third-order valence-corrected chi connectivity index (χ3v) is 6.32. The van der Waals surface area contributed by atoms with Crippen LogP contribution in [0.5, 0.6) is 0 Å². The number of rotatable bonds is 3. The van der Waals surface area contributed by atoms with Crippen LogP contribution in [0, 0.1) is 0 Å². The molecule has 2 aliphatic rings. The van der Waals surface area contributed by atoms with Crippen molar-refractivity contribution in [2.45, 2.75) is 25.7 Å². The molecule has 1 aromatic rings. The van der Waals surface area contributed by atoms with Crippen molar-refractivity contribution in [3.63, 3.8) is 0 Å². The Bertz CT molecular complexity index is 326. The minimum atomic E-state index is -0.191. The molecule has 0 saturated carbocycles. The molecule has 0 spiro atoms. The van der Waals surface area contributed by atoms with E-state index < -0.39 is 0 Å². The molecule has 17 heavy (non-hydrogen) atoms. The second kappa shape index (κ2) is 5.48. The topological polar surface area (TPSA) is 6.48 Å². The van der Waals surface area contributed by atoms with Gasteiger partial charge in [-0.25, -0.2) is 0 Å². The minimum Gasteiger partial charge on any atom is -0.266 e. The van der Waals surface area contributed by atoms with Crippen LogP contribution in [0.25, 0.3) is 0 Å². The Morgan fingerprint density at radius 1 is 0.706 bits per heavy atom. The molecular formula is C14H21N2P. The average molecular weight is 248 g/mol. The maximum absolute atomic E-state index is 2.73. The Morgan fingerprint density at radius 3 is 1.65 bits per heavy atom. The smallest absolute Gasteiger partial charge is 0.0724 e. The molecule has 2 heterocycles. The van der Waals surface area contributed by atoms with Gasteiger partial charge in [-0.3, -0.25) is 9.34 Å². The zero-order chi connectivity index (χ0) is 11.5. The van der Waals surface area contributed by atoms with E-state index in [9.17, 15) is 0 Å². The zero-order valence-corrected chi connectivity index (χ0v) is 11.3. The van der Waals surface area contributed by atoms with Gasteiger partial charge < -0.3 is 0 Å². The van der Waals surface area contributed by atoms with E-state index in [0.717, 1.165) is 0 Å². The molecule has 0 amide bonds. The fraction of sp³-hybridized carbons (Fsp3) is 0.571. The molecule has 2 nitrogen and oxygen atoms in total. The van der Waals surface area contributed by atoms with E-state index in [2.05, 4.69) is 39.7 Å². The van der Waals surface area contributed by atoms with Crippen molar-refractivity contribution in [1.82, 2.24) is 9.34 Å². The van der Waals surface area contributed by atoms with Crippen molar-refractivity contribution in [3.05, 3.63) is 30.3 Å². The second-order valence-corrected chi connectivity index (χ2v) is 7.17. The lowest BCUT2D eigenvalue weighted by molar-refractivity contribution is 0.482. The average Bonchev–Trinajstić information content (AvgIpc) is 3.04. The molecule has 2 saturated heterocycles. The van der Waals surface area contributed by atoms with E-state index >= 15 is 0 Å². The molecule has 0 N–H and O–H groups in total. The first-order chi connectivity index (χ1) is 8.45. The van der Waals surface area contributed by atoms with Crippen molar-refractivity contribution in [2.75, 3.05) is 26.2 Å². The van der Waals surface area contributed by atoms with Gasteiger partial charge >= 0.3 is 0 Å². The molecule has 2 fully saturated rings. The predicted molar refractivity (Wildman–Crippen MR) is 74.6 cm³/mol. The summed E-state index contributed by atoms with van der Waals surface area (Å²) in [5.41, 5.74) is 0. The molecule has 0 aliphatic carbocycles.